The average molecular weight is 307 g/mol. The maximum atomic E-state index is 12.4. The molecule has 2 aliphatic heterocycles. The predicted molar refractivity (Wildman–Crippen MR) is 82.2 cm³/mol. The lowest BCUT2D eigenvalue weighted by molar-refractivity contribution is -0.119. The van der Waals surface area contributed by atoms with Gasteiger partial charge in [-0.15, -0.1) is 11.3 Å². The number of thiophene rings is 1. The van der Waals surface area contributed by atoms with Crippen LogP contribution in [0.2, 0.25) is 0 Å². The molecule has 0 radical (unpaired) electrons. The smallest absolute Gasteiger partial charge is 0.318 e. The summed E-state index contributed by atoms with van der Waals surface area (Å²) in [6, 6.07) is 4.31. The summed E-state index contributed by atoms with van der Waals surface area (Å²) in [5.74, 6) is 0.0735. The average Bonchev–Trinajstić information content (AvgIpc) is 3.16. The van der Waals surface area contributed by atoms with Crippen molar-refractivity contribution in [1.82, 2.24) is 15.5 Å². The lowest BCUT2D eigenvalue weighted by Crippen LogP contribution is -2.51. The van der Waals surface area contributed by atoms with Gasteiger partial charge in [0.1, 0.15) is 0 Å². The minimum atomic E-state index is -0.301. The number of nitrogens with zero attached hydrogens (tertiary/aromatic N) is 1. The maximum absolute atomic E-state index is 12.4. The number of rotatable bonds is 3. The largest absolute Gasteiger partial charge is 0.349 e. The fourth-order valence-electron chi connectivity index (χ4n) is 3.14. The van der Waals surface area contributed by atoms with Crippen LogP contribution in [0.4, 0.5) is 4.79 Å². The lowest BCUT2D eigenvalue weighted by Gasteiger charge is -2.28. The molecule has 2 atom stereocenters. The standard InChI is InChI=1S/C15H21N3O2S/c1-15(7-6-13(19)17-15)10-16-14(20)18-8-2-4-11(18)12-5-3-9-21-12/h3,5,9,11H,2,4,6-8,10H2,1H3,(H,16,20)(H,17,19). The van der Waals surface area contributed by atoms with Gasteiger partial charge in [-0.25, -0.2) is 4.79 Å². The molecule has 2 saturated heterocycles. The number of nitrogens with one attached hydrogen (secondary N) is 2. The van der Waals surface area contributed by atoms with Gasteiger partial charge in [0.25, 0.3) is 0 Å². The van der Waals surface area contributed by atoms with E-state index in [0.717, 1.165) is 25.8 Å². The SMILES string of the molecule is CC1(CNC(=O)N2CCCC2c2cccs2)CCC(=O)N1. The summed E-state index contributed by atoms with van der Waals surface area (Å²) < 4.78 is 0. The Morgan fingerprint density at radius 3 is 3.14 bits per heavy atom. The van der Waals surface area contributed by atoms with Crippen LogP contribution in [0, 0.1) is 0 Å². The number of carbonyl (C=O) groups is 2. The predicted octanol–water partition coefficient (Wildman–Crippen LogP) is 2.26. The molecule has 2 N–H and O–H groups in total. The molecule has 6 heteroatoms. The zero-order valence-corrected chi connectivity index (χ0v) is 13.0. The van der Waals surface area contributed by atoms with Crippen LogP contribution >= 0.6 is 11.3 Å². The van der Waals surface area contributed by atoms with Crippen LogP contribution in [0.5, 0.6) is 0 Å². The van der Waals surface area contributed by atoms with E-state index in [1.807, 2.05) is 17.9 Å². The number of hydrogen-bond acceptors (Lipinski definition) is 3. The molecule has 3 rings (SSSR count). The number of hydrogen-bond donors (Lipinski definition) is 2. The molecule has 2 unspecified atom stereocenters. The van der Waals surface area contributed by atoms with Crippen molar-refractivity contribution >= 4 is 23.3 Å². The first-order valence-corrected chi connectivity index (χ1v) is 8.34. The highest BCUT2D eigenvalue weighted by Gasteiger charge is 2.35. The Morgan fingerprint density at radius 1 is 1.62 bits per heavy atom. The monoisotopic (exact) mass is 307 g/mol. The Kier molecular flexibility index (Phi) is 3.89. The van der Waals surface area contributed by atoms with E-state index in [9.17, 15) is 9.59 Å². The normalized spacial score (nSPS) is 28.7. The minimum absolute atomic E-state index is 0.0201. The molecule has 0 saturated carbocycles. The lowest BCUT2D eigenvalue weighted by atomic mass is 10.0. The highest BCUT2D eigenvalue weighted by Crippen LogP contribution is 2.34. The van der Waals surface area contributed by atoms with E-state index >= 15 is 0 Å². The van der Waals surface area contributed by atoms with Gasteiger partial charge in [-0.1, -0.05) is 6.07 Å². The summed E-state index contributed by atoms with van der Waals surface area (Å²) in [6.45, 7) is 3.28. The van der Waals surface area contributed by atoms with Crippen LogP contribution in [-0.4, -0.2) is 35.5 Å². The second kappa shape index (κ2) is 5.67. The van der Waals surface area contributed by atoms with Crippen LogP contribution in [-0.2, 0) is 4.79 Å². The topological polar surface area (TPSA) is 61.4 Å². The van der Waals surface area contributed by atoms with Crippen molar-refractivity contribution in [3.63, 3.8) is 0 Å². The zero-order valence-electron chi connectivity index (χ0n) is 12.2. The molecule has 0 aliphatic carbocycles. The molecule has 1 aromatic heterocycles. The van der Waals surface area contributed by atoms with Crippen molar-refractivity contribution in [2.24, 2.45) is 0 Å². The van der Waals surface area contributed by atoms with Crippen molar-refractivity contribution < 1.29 is 9.59 Å². The van der Waals surface area contributed by atoms with Crippen LogP contribution in [0.25, 0.3) is 0 Å². The number of carbonyl (C=O) groups excluding carboxylic acids is 2. The molecule has 114 valence electrons. The van der Waals surface area contributed by atoms with Crippen LogP contribution in [0.15, 0.2) is 17.5 Å². The van der Waals surface area contributed by atoms with Crippen LogP contribution in [0.1, 0.15) is 43.5 Å². The third-order valence-electron chi connectivity index (χ3n) is 4.36. The second-order valence-electron chi connectivity index (χ2n) is 6.13. The van der Waals surface area contributed by atoms with Crippen LogP contribution < -0.4 is 10.6 Å². The molecule has 0 bridgehead atoms. The molecular weight excluding hydrogens is 286 g/mol. The van der Waals surface area contributed by atoms with Gasteiger partial charge in [-0.2, -0.15) is 0 Å². The van der Waals surface area contributed by atoms with Gasteiger partial charge < -0.3 is 15.5 Å². The summed E-state index contributed by atoms with van der Waals surface area (Å²) in [6.07, 6.45) is 3.40. The molecular formula is C15H21N3O2S. The molecule has 5 nitrogen and oxygen atoms in total. The maximum Gasteiger partial charge on any atom is 0.318 e. The first kappa shape index (κ1) is 14.4. The van der Waals surface area contributed by atoms with E-state index in [1.165, 1.54) is 4.88 Å². The summed E-state index contributed by atoms with van der Waals surface area (Å²) in [5.41, 5.74) is -0.301. The molecule has 1 aromatic rings. The first-order valence-electron chi connectivity index (χ1n) is 7.46. The van der Waals surface area contributed by atoms with E-state index in [2.05, 4.69) is 22.1 Å². The summed E-state index contributed by atoms with van der Waals surface area (Å²) in [4.78, 5) is 26.9. The van der Waals surface area contributed by atoms with Gasteiger partial charge in [0, 0.05) is 24.4 Å². The van der Waals surface area contributed by atoms with Crippen molar-refractivity contribution in [1.29, 1.82) is 0 Å². The fraction of sp³-hybridized carbons (Fsp3) is 0.600. The minimum Gasteiger partial charge on any atom is -0.349 e. The summed E-state index contributed by atoms with van der Waals surface area (Å²) >= 11 is 1.71. The molecule has 2 aliphatic rings. The van der Waals surface area contributed by atoms with Gasteiger partial charge in [-0.3, -0.25) is 4.79 Å². The van der Waals surface area contributed by atoms with Crippen molar-refractivity contribution in [3.8, 4) is 0 Å². The molecule has 3 heterocycles. The Morgan fingerprint density at radius 2 is 2.48 bits per heavy atom. The third-order valence-corrected chi connectivity index (χ3v) is 5.33. The van der Waals surface area contributed by atoms with E-state index in [4.69, 9.17) is 0 Å². The first-order chi connectivity index (χ1) is 10.1. The van der Waals surface area contributed by atoms with Crippen molar-refractivity contribution in [2.75, 3.05) is 13.1 Å². The molecule has 0 aromatic carbocycles. The Bertz CT molecular complexity index is 531. The molecule has 0 spiro atoms. The summed E-state index contributed by atoms with van der Waals surface area (Å²) in [5, 5.41) is 8.00. The van der Waals surface area contributed by atoms with E-state index in [-0.39, 0.29) is 23.5 Å². The fourth-order valence-corrected chi connectivity index (χ4v) is 4.02. The summed E-state index contributed by atoms with van der Waals surface area (Å²) in [7, 11) is 0. The Labute approximate surface area is 128 Å². The molecule has 2 fully saturated rings. The van der Waals surface area contributed by atoms with Gasteiger partial charge in [-0.05, 0) is 37.6 Å². The Balaban J connectivity index is 1.59. The highest BCUT2D eigenvalue weighted by atomic mass is 32.1. The third kappa shape index (κ3) is 3.05. The zero-order chi connectivity index (χ0) is 14.9. The molecule has 3 amide bonds. The van der Waals surface area contributed by atoms with Crippen LogP contribution in [0.3, 0.4) is 0 Å². The number of likely N-dealkylation sites (tertiary alicyclic amines) is 1. The Hall–Kier alpha value is -1.56. The van der Waals surface area contributed by atoms with Gasteiger partial charge in [0.2, 0.25) is 5.91 Å². The van der Waals surface area contributed by atoms with E-state index in [0.29, 0.717) is 13.0 Å². The van der Waals surface area contributed by atoms with Crippen molar-refractivity contribution in [2.45, 2.75) is 44.2 Å². The number of amides is 3. The number of urea groups is 1. The van der Waals surface area contributed by atoms with Crippen molar-refractivity contribution in [3.05, 3.63) is 22.4 Å². The van der Waals surface area contributed by atoms with Gasteiger partial charge in [0.15, 0.2) is 0 Å². The molecule has 21 heavy (non-hydrogen) atoms. The van der Waals surface area contributed by atoms with Gasteiger partial charge >= 0.3 is 6.03 Å². The van der Waals surface area contributed by atoms with E-state index in [1.54, 1.807) is 11.3 Å². The second-order valence-corrected chi connectivity index (χ2v) is 7.11. The highest BCUT2D eigenvalue weighted by molar-refractivity contribution is 7.10. The van der Waals surface area contributed by atoms with Gasteiger partial charge in [0.05, 0.1) is 11.6 Å². The van der Waals surface area contributed by atoms with E-state index < -0.39 is 0 Å². The quantitative estimate of drug-likeness (QED) is 0.900.